The summed E-state index contributed by atoms with van der Waals surface area (Å²) in [5.41, 5.74) is 6.02. The van der Waals surface area contributed by atoms with Crippen molar-refractivity contribution in [3.63, 3.8) is 0 Å². The molecule has 7 heteroatoms. The Morgan fingerprint density at radius 3 is 2.68 bits per heavy atom. The van der Waals surface area contributed by atoms with Gasteiger partial charge in [-0.05, 0) is 18.2 Å². The third kappa shape index (κ3) is 2.77. The van der Waals surface area contributed by atoms with Crippen LogP contribution in [0.4, 0.5) is 8.78 Å². The molecular weight excluding hydrogens is 254 g/mol. The van der Waals surface area contributed by atoms with E-state index in [1.807, 2.05) is 0 Å². The van der Waals surface area contributed by atoms with Gasteiger partial charge in [0.05, 0.1) is 13.2 Å². The van der Waals surface area contributed by atoms with Crippen molar-refractivity contribution in [2.45, 2.75) is 13.1 Å². The first-order chi connectivity index (χ1) is 9.17. The fourth-order valence-electron chi connectivity index (χ4n) is 1.75. The van der Waals surface area contributed by atoms with Crippen LogP contribution in [0, 0.1) is 11.6 Å². The number of rotatable bonds is 5. The number of benzene rings is 1. The minimum absolute atomic E-state index is 0.209. The van der Waals surface area contributed by atoms with E-state index in [0.29, 0.717) is 30.4 Å². The van der Waals surface area contributed by atoms with Crippen LogP contribution in [-0.2, 0) is 17.8 Å². The Kier molecular flexibility index (Phi) is 4.18. The molecule has 0 unspecified atom stereocenters. The average molecular weight is 268 g/mol. The molecule has 1 heterocycles. The smallest absolute Gasteiger partial charge is 0.164 e. The number of methoxy groups -OCH3 is 1. The van der Waals surface area contributed by atoms with Crippen molar-refractivity contribution >= 4 is 0 Å². The molecule has 2 rings (SSSR count). The molecule has 1 aromatic carbocycles. The molecule has 0 atom stereocenters. The summed E-state index contributed by atoms with van der Waals surface area (Å²) in [5, 5.41) is 7.90. The van der Waals surface area contributed by atoms with Crippen LogP contribution in [0.5, 0.6) is 0 Å². The molecule has 19 heavy (non-hydrogen) atoms. The van der Waals surface area contributed by atoms with Gasteiger partial charge in [-0.15, -0.1) is 10.2 Å². The normalized spacial score (nSPS) is 10.9. The fourth-order valence-corrected chi connectivity index (χ4v) is 1.75. The van der Waals surface area contributed by atoms with Crippen molar-refractivity contribution in [2.75, 3.05) is 13.7 Å². The third-order valence-electron chi connectivity index (χ3n) is 2.71. The molecule has 0 spiro atoms. The molecule has 2 N–H and O–H groups in total. The maximum atomic E-state index is 13.3. The molecule has 1 aromatic heterocycles. The van der Waals surface area contributed by atoms with Gasteiger partial charge in [-0.3, -0.25) is 0 Å². The van der Waals surface area contributed by atoms with Gasteiger partial charge < -0.3 is 15.0 Å². The number of nitrogens with two attached hydrogens (primary N) is 1. The van der Waals surface area contributed by atoms with Crippen LogP contribution in [0.3, 0.4) is 0 Å². The quantitative estimate of drug-likeness (QED) is 0.888. The molecule has 0 aliphatic rings. The maximum absolute atomic E-state index is 13.3. The molecule has 0 radical (unpaired) electrons. The highest BCUT2D eigenvalue weighted by atomic mass is 19.2. The molecule has 0 amide bonds. The van der Waals surface area contributed by atoms with Crippen LogP contribution in [-0.4, -0.2) is 28.5 Å². The Hall–Kier alpha value is -1.86. The Balaban J connectivity index is 2.42. The van der Waals surface area contributed by atoms with E-state index in [0.717, 1.165) is 12.1 Å². The largest absolute Gasteiger partial charge is 0.383 e. The second-order valence-corrected chi connectivity index (χ2v) is 3.92. The van der Waals surface area contributed by atoms with Gasteiger partial charge in [-0.2, -0.15) is 0 Å². The summed E-state index contributed by atoms with van der Waals surface area (Å²) in [6.07, 6.45) is 0. The van der Waals surface area contributed by atoms with E-state index < -0.39 is 11.6 Å². The van der Waals surface area contributed by atoms with Gasteiger partial charge in [0.1, 0.15) is 5.82 Å². The standard InChI is InChI=1S/C12H14F2N4O/c1-19-5-4-18-11(7-15)16-17-12(18)8-2-3-9(13)10(14)6-8/h2-3,6H,4-5,7,15H2,1H3. The monoisotopic (exact) mass is 268 g/mol. The Labute approximate surface area is 109 Å². The molecule has 2 aromatic rings. The van der Waals surface area contributed by atoms with E-state index >= 15 is 0 Å². The first-order valence-corrected chi connectivity index (χ1v) is 5.74. The van der Waals surface area contributed by atoms with E-state index in [-0.39, 0.29) is 6.54 Å². The average Bonchev–Trinajstić information content (AvgIpc) is 2.82. The molecule has 0 bridgehead atoms. The number of hydrogen-bond acceptors (Lipinski definition) is 4. The van der Waals surface area contributed by atoms with Crippen LogP contribution in [0.15, 0.2) is 18.2 Å². The summed E-state index contributed by atoms with van der Waals surface area (Å²) in [4.78, 5) is 0. The summed E-state index contributed by atoms with van der Waals surface area (Å²) in [5.74, 6) is -0.813. The number of aromatic nitrogens is 3. The maximum Gasteiger partial charge on any atom is 0.164 e. The van der Waals surface area contributed by atoms with Gasteiger partial charge in [-0.25, -0.2) is 8.78 Å². The second-order valence-electron chi connectivity index (χ2n) is 3.92. The molecule has 102 valence electrons. The number of halogens is 2. The highest BCUT2D eigenvalue weighted by Gasteiger charge is 2.14. The first-order valence-electron chi connectivity index (χ1n) is 5.74. The summed E-state index contributed by atoms with van der Waals surface area (Å²) in [6, 6.07) is 3.59. The van der Waals surface area contributed by atoms with E-state index in [9.17, 15) is 8.78 Å². The van der Waals surface area contributed by atoms with Crippen LogP contribution >= 0.6 is 0 Å². The zero-order chi connectivity index (χ0) is 13.8. The first kappa shape index (κ1) is 13.6. The molecule has 0 aliphatic heterocycles. The number of ether oxygens (including phenoxy) is 1. The van der Waals surface area contributed by atoms with Gasteiger partial charge in [0, 0.05) is 19.2 Å². The van der Waals surface area contributed by atoms with Crippen molar-refractivity contribution < 1.29 is 13.5 Å². The van der Waals surface area contributed by atoms with Gasteiger partial charge in [0.2, 0.25) is 0 Å². The van der Waals surface area contributed by atoms with E-state index in [4.69, 9.17) is 10.5 Å². The molecule has 0 saturated heterocycles. The lowest BCUT2D eigenvalue weighted by molar-refractivity contribution is 0.186. The van der Waals surface area contributed by atoms with Crippen molar-refractivity contribution in [3.8, 4) is 11.4 Å². The number of nitrogens with zero attached hydrogens (tertiary/aromatic N) is 3. The molecule has 0 saturated carbocycles. The summed E-state index contributed by atoms with van der Waals surface area (Å²) >= 11 is 0. The minimum atomic E-state index is -0.923. The summed E-state index contributed by atoms with van der Waals surface area (Å²) in [6.45, 7) is 1.15. The zero-order valence-corrected chi connectivity index (χ0v) is 10.4. The SMILES string of the molecule is COCCn1c(CN)nnc1-c1ccc(F)c(F)c1. The zero-order valence-electron chi connectivity index (χ0n) is 10.4. The second kappa shape index (κ2) is 5.85. The van der Waals surface area contributed by atoms with Crippen LogP contribution in [0.1, 0.15) is 5.82 Å². The lowest BCUT2D eigenvalue weighted by Crippen LogP contribution is -2.12. The van der Waals surface area contributed by atoms with Gasteiger partial charge >= 0.3 is 0 Å². The van der Waals surface area contributed by atoms with Crippen molar-refractivity contribution in [1.29, 1.82) is 0 Å². The van der Waals surface area contributed by atoms with Crippen molar-refractivity contribution in [3.05, 3.63) is 35.7 Å². The molecule has 0 aliphatic carbocycles. The summed E-state index contributed by atoms with van der Waals surface area (Å²) < 4.78 is 32.9. The Morgan fingerprint density at radius 1 is 1.26 bits per heavy atom. The molecular formula is C12H14F2N4O. The lowest BCUT2D eigenvalue weighted by Gasteiger charge is -2.09. The highest BCUT2D eigenvalue weighted by Crippen LogP contribution is 2.20. The van der Waals surface area contributed by atoms with Crippen LogP contribution in [0.25, 0.3) is 11.4 Å². The van der Waals surface area contributed by atoms with Gasteiger partial charge in [-0.1, -0.05) is 0 Å². The predicted octanol–water partition coefficient (Wildman–Crippen LogP) is 1.33. The fraction of sp³-hybridized carbons (Fsp3) is 0.333. The predicted molar refractivity (Wildman–Crippen MR) is 65.1 cm³/mol. The van der Waals surface area contributed by atoms with Crippen LogP contribution < -0.4 is 5.73 Å². The molecule has 0 fully saturated rings. The lowest BCUT2D eigenvalue weighted by atomic mass is 10.2. The topological polar surface area (TPSA) is 66.0 Å². The number of hydrogen-bond donors (Lipinski definition) is 1. The van der Waals surface area contributed by atoms with Crippen LogP contribution in [0.2, 0.25) is 0 Å². The summed E-state index contributed by atoms with van der Waals surface area (Å²) in [7, 11) is 1.57. The van der Waals surface area contributed by atoms with E-state index in [1.165, 1.54) is 6.07 Å². The van der Waals surface area contributed by atoms with Gasteiger partial charge in [0.15, 0.2) is 17.5 Å². The third-order valence-corrected chi connectivity index (χ3v) is 2.71. The van der Waals surface area contributed by atoms with E-state index in [2.05, 4.69) is 10.2 Å². The molecule has 5 nitrogen and oxygen atoms in total. The van der Waals surface area contributed by atoms with Crippen molar-refractivity contribution in [1.82, 2.24) is 14.8 Å². The Bertz CT molecular complexity index is 571. The van der Waals surface area contributed by atoms with Gasteiger partial charge in [0.25, 0.3) is 0 Å². The van der Waals surface area contributed by atoms with E-state index in [1.54, 1.807) is 11.7 Å². The Morgan fingerprint density at radius 2 is 2.05 bits per heavy atom. The van der Waals surface area contributed by atoms with Crippen molar-refractivity contribution in [2.24, 2.45) is 5.73 Å². The highest BCUT2D eigenvalue weighted by molar-refractivity contribution is 5.55. The minimum Gasteiger partial charge on any atom is -0.383 e.